The monoisotopic (exact) mass is 274 g/mol. The zero-order valence-electron chi connectivity index (χ0n) is 11.5. The van der Waals surface area contributed by atoms with E-state index in [9.17, 15) is 9.59 Å². The Bertz CT molecular complexity index is 530. The van der Waals surface area contributed by atoms with Gasteiger partial charge in [0.25, 0.3) is 0 Å². The summed E-state index contributed by atoms with van der Waals surface area (Å²) in [6.07, 6.45) is 4.39. The minimum Gasteiger partial charge on any atom is -0.341 e. The van der Waals surface area contributed by atoms with Crippen LogP contribution < -0.4 is 5.32 Å². The predicted octanol–water partition coefficient (Wildman–Crippen LogP) is 0.578. The van der Waals surface area contributed by atoms with Gasteiger partial charge in [-0.2, -0.15) is 0 Å². The fourth-order valence-corrected chi connectivity index (χ4v) is 2.25. The van der Waals surface area contributed by atoms with Crippen LogP contribution in [0.5, 0.6) is 0 Å². The van der Waals surface area contributed by atoms with E-state index in [1.54, 1.807) is 17.2 Å². The van der Waals surface area contributed by atoms with Gasteiger partial charge in [0.1, 0.15) is 11.9 Å². The van der Waals surface area contributed by atoms with Gasteiger partial charge in [-0.1, -0.05) is 6.58 Å². The van der Waals surface area contributed by atoms with Crippen LogP contribution in [0.1, 0.15) is 24.4 Å². The van der Waals surface area contributed by atoms with E-state index in [0.29, 0.717) is 25.3 Å². The van der Waals surface area contributed by atoms with Crippen molar-refractivity contribution in [1.29, 1.82) is 0 Å². The number of hydrogen-bond acceptors (Lipinski definition) is 4. The molecule has 0 aliphatic carbocycles. The van der Waals surface area contributed by atoms with E-state index in [4.69, 9.17) is 0 Å². The fourth-order valence-electron chi connectivity index (χ4n) is 2.25. The number of nitrogens with one attached hydrogen (secondary N) is 1. The zero-order chi connectivity index (χ0) is 14.5. The third-order valence-corrected chi connectivity index (χ3v) is 3.22. The van der Waals surface area contributed by atoms with E-state index >= 15 is 0 Å². The average molecular weight is 274 g/mol. The topological polar surface area (TPSA) is 75.2 Å². The molecule has 1 saturated heterocycles. The smallest absolute Gasteiger partial charge is 0.245 e. The maximum atomic E-state index is 12.3. The Hall–Kier alpha value is -2.24. The van der Waals surface area contributed by atoms with Crippen LogP contribution in [-0.2, 0) is 16.1 Å². The first-order valence-electron chi connectivity index (χ1n) is 6.60. The molecule has 2 heterocycles. The van der Waals surface area contributed by atoms with Crippen molar-refractivity contribution < 1.29 is 9.59 Å². The van der Waals surface area contributed by atoms with Crippen LogP contribution in [-0.4, -0.2) is 39.3 Å². The second-order valence-electron chi connectivity index (χ2n) is 4.76. The number of hydrogen-bond donors (Lipinski definition) is 1. The van der Waals surface area contributed by atoms with Gasteiger partial charge in [-0.05, 0) is 31.9 Å². The van der Waals surface area contributed by atoms with Crippen molar-refractivity contribution in [1.82, 2.24) is 20.2 Å². The van der Waals surface area contributed by atoms with Crippen molar-refractivity contribution >= 4 is 11.8 Å². The molecule has 6 heteroatoms. The molecule has 1 fully saturated rings. The standard InChI is InChI=1S/C14H18N4O2/c1-3-13(19)17-12-5-4-8-18(14(12)20)9-11-6-7-15-10(2)16-11/h3,6-7,12H,1,4-5,8-9H2,2H3,(H,17,19)/t12-/m0/s1. The van der Waals surface area contributed by atoms with E-state index in [-0.39, 0.29) is 11.8 Å². The first kappa shape index (κ1) is 14.2. The fraction of sp³-hybridized carbons (Fsp3) is 0.429. The molecule has 0 saturated carbocycles. The zero-order valence-corrected chi connectivity index (χ0v) is 11.5. The van der Waals surface area contributed by atoms with Gasteiger partial charge >= 0.3 is 0 Å². The summed E-state index contributed by atoms with van der Waals surface area (Å²) in [4.78, 5) is 33.7. The average Bonchev–Trinajstić information content (AvgIpc) is 2.43. The Morgan fingerprint density at radius 1 is 1.65 bits per heavy atom. The minimum atomic E-state index is -0.461. The van der Waals surface area contributed by atoms with Crippen LogP contribution in [0, 0.1) is 6.92 Å². The van der Waals surface area contributed by atoms with Crippen molar-refractivity contribution in [3.05, 3.63) is 36.4 Å². The second kappa shape index (κ2) is 6.27. The molecule has 1 aliphatic heterocycles. The first-order valence-corrected chi connectivity index (χ1v) is 6.60. The van der Waals surface area contributed by atoms with Crippen LogP contribution in [0.4, 0.5) is 0 Å². The maximum Gasteiger partial charge on any atom is 0.245 e. The molecular weight excluding hydrogens is 256 g/mol. The summed E-state index contributed by atoms with van der Waals surface area (Å²) in [6.45, 7) is 6.34. The molecule has 0 spiro atoms. The third kappa shape index (κ3) is 3.40. The summed E-state index contributed by atoms with van der Waals surface area (Å²) >= 11 is 0. The molecular formula is C14H18N4O2. The molecule has 2 rings (SSSR count). The molecule has 1 atom stereocenters. The summed E-state index contributed by atoms with van der Waals surface area (Å²) in [5.74, 6) is 0.300. The van der Waals surface area contributed by atoms with Gasteiger partial charge in [0, 0.05) is 12.7 Å². The molecule has 0 unspecified atom stereocenters. The molecule has 0 bridgehead atoms. The lowest BCUT2D eigenvalue weighted by Gasteiger charge is -2.32. The maximum absolute atomic E-state index is 12.3. The highest BCUT2D eigenvalue weighted by atomic mass is 16.2. The lowest BCUT2D eigenvalue weighted by atomic mass is 10.0. The molecule has 1 aromatic heterocycles. The summed E-state index contributed by atoms with van der Waals surface area (Å²) < 4.78 is 0. The number of piperidine rings is 1. The SMILES string of the molecule is C=CC(=O)N[C@H]1CCCN(Cc2ccnc(C)n2)C1=O. The number of carbonyl (C=O) groups excluding carboxylic acids is 2. The number of aryl methyl sites for hydroxylation is 1. The highest BCUT2D eigenvalue weighted by Gasteiger charge is 2.29. The van der Waals surface area contributed by atoms with Gasteiger partial charge in [-0.3, -0.25) is 9.59 Å². The molecule has 2 amide bonds. The highest BCUT2D eigenvalue weighted by Crippen LogP contribution is 2.14. The van der Waals surface area contributed by atoms with E-state index in [1.807, 2.05) is 6.92 Å². The van der Waals surface area contributed by atoms with E-state index in [0.717, 1.165) is 12.1 Å². The Labute approximate surface area is 117 Å². The largest absolute Gasteiger partial charge is 0.341 e. The Balaban J connectivity index is 2.03. The van der Waals surface area contributed by atoms with E-state index < -0.39 is 6.04 Å². The molecule has 1 N–H and O–H groups in total. The molecule has 6 nitrogen and oxygen atoms in total. The van der Waals surface area contributed by atoms with Crippen LogP contribution in [0.2, 0.25) is 0 Å². The third-order valence-electron chi connectivity index (χ3n) is 3.22. The molecule has 1 aromatic rings. The number of carbonyl (C=O) groups is 2. The number of amides is 2. The quantitative estimate of drug-likeness (QED) is 0.815. The van der Waals surface area contributed by atoms with Crippen LogP contribution in [0.15, 0.2) is 24.9 Å². The Morgan fingerprint density at radius 2 is 2.45 bits per heavy atom. The van der Waals surface area contributed by atoms with Gasteiger partial charge in [-0.15, -0.1) is 0 Å². The summed E-state index contributed by atoms with van der Waals surface area (Å²) in [7, 11) is 0. The van der Waals surface area contributed by atoms with Crippen molar-refractivity contribution in [3.8, 4) is 0 Å². The lowest BCUT2D eigenvalue weighted by molar-refractivity contribution is -0.138. The summed E-state index contributed by atoms with van der Waals surface area (Å²) in [5.41, 5.74) is 0.807. The van der Waals surface area contributed by atoms with Gasteiger partial charge in [0.15, 0.2) is 0 Å². The summed E-state index contributed by atoms with van der Waals surface area (Å²) in [5, 5.41) is 2.66. The predicted molar refractivity (Wildman–Crippen MR) is 73.5 cm³/mol. The minimum absolute atomic E-state index is 0.0669. The van der Waals surface area contributed by atoms with Gasteiger partial charge in [0.2, 0.25) is 11.8 Å². The molecule has 0 radical (unpaired) electrons. The number of aromatic nitrogens is 2. The van der Waals surface area contributed by atoms with Gasteiger partial charge in [0.05, 0.1) is 12.2 Å². The van der Waals surface area contributed by atoms with Gasteiger partial charge in [-0.25, -0.2) is 9.97 Å². The Morgan fingerprint density at radius 3 is 3.15 bits per heavy atom. The lowest BCUT2D eigenvalue weighted by Crippen LogP contribution is -2.51. The molecule has 20 heavy (non-hydrogen) atoms. The number of likely N-dealkylation sites (tertiary alicyclic amines) is 1. The number of rotatable bonds is 4. The van der Waals surface area contributed by atoms with E-state index in [1.165, 1.54) is 6.08 Å². The molecule has 1 aliphatic rings. The molecule has 0 aromatic carbocycles. The van der Waals surface area contributed by atoms with Gasteiger partial charge < -0.3 is 10.2 Å². The van der Waals surface area contributed by atoms with Crippen LogP contribution in [0.25, 0.3) is 0 Å². The highest BCUT2D eigenvalue weighted by molar-refractivity contribution is 5.92. The summed E-state index contributed by atoms with van der Waals surface area (Å²) in [6, 6.07) is 1.34. The van der Waals surface area contributed by atoms with Crippen LogP contribution in [0.3, 0.4) is 0 Å². The van der Waals surface area contributed by atoms with Crippen molar-refractivity contribution in [2.45, 2.75) is 32.4 Å². The van der Waals surface area contributed by atoms with Crippen LogP contribution >= 0.6 is 0 Å². The second-order valence-corrected chi connectivity index (χ2v) is 4.76. The number of nitrogens with zero attached hydrogens (tertiary/aromatic N) is 3. The van der Waals surface area contributed by atoms with Crippen molar-refractivity contribution in [2.24, 2.45) is 0 Å². The molecule has 106 valence electrons. The van der Waals surface area contributed by atoms with E-state index in [2.05, 4.69) is 21.9 Å². The normalized spacial score (nSPS) is 18.8. The Kier molecular flexibility index (Phi) is 4.45. The van der Waals surface area contributed by atoms with Crippen molar-refractivity contribution in [3.63, 3.8) is 0 Å². The first-order chi connectivity index (χ1) is 9.60. The van der Waals surface area contributed by atoms with Crippen molar-refractivity contribution in [2.75, 3.05) is 6.54 Å².